The molecule has 4 atom stereocenters. The number of phenols is 2. The third-order valence-electron chi connectivity index (χ3n) is 11.9. The monoisotopic (exact) mass is 818 g/mol. The van der Waals surface area contributed by atoms with E-state index >= 15 is 0 Å². The first-order valence-electron chi connectivity index (χ1n) is 20.2. The number of unbranched alkanes of at least 4 members (excludes halogenated alkanes) is 1. The quantitative estimate of drug-likeness (QED) is 0.101. The van der Waals surface area contributed by atoms with E-state index in [0.29, 0.717) is 66.0 Å². The molecule has 3 aromatic rings. The standard InChI is InChI=1S/C47H53N3O6S2/c1-2-3-16-47-17-13-34(51)10-7-29-9-12-42(53)45(21-29)56-19-15-30-8-11-41(52)39(20-30)38-24-43(54)35-14-18-50-40(35)6-4-5-31-22-37(46(48)49)32(23-36(31)38)27-57-58-28-33(25-47)44(55)26-47/h8-9,11-14,17-18,20-23,33,38,44,46,52-55H,2-3,6-7,10,15-16,19,24-28,48-49H2,1H3/p-1/b17-13+,43-35?/t33-,38+,44+,47+/m0/s1. The summed E-state index contributed by atoms with van der Waals surface area (Å²) in [4.78, 5) is 17.6. The average Bonchev–Trinajstić information content (AvgIpc) is 3.81. The van der Waals surface area contributed by atoms with Crippen LogP contribution in [0.15, 0.2) is 89.3 Å². The van der Waals surface area contributed by atoms with Crippen LogP contribution >= 0.6 is 21.6 Å². The maximum Gasteiger partial charge on any atom is 0.161 e. The van der Waals surface area contributed by atoms with E-state index < -0.39 is 18.2 Å². The number of carbonyl (C=O) groups is 1. The van der Waals surface area contributed by atoms with E-state index in [9.17, 15) is 25.2 Å². The van der Waals surface area contributed by atoms with Gasteiger partial charge in [-0.05, 0) is 113 Å². The number of nitrogens with two attached hydrogens (primary N) is 2. The molecule has 58 heavy (non-hydrogen) atoms. The lowest BCUT2D eigenvalue weighted by molar-refractivity contribution is -0.307. The minimum Gasteiger partial charge on any atom is -0.875 e. The highest BCUT2D eigenvalue weighted by Crippen LogP contribution is 2.49. The number of aliphatic hydroxyl groups is 1. The summed E-state index contributed by atoms with van der Waals surface area (Å²) in [5.41, 5.74) is 19.2. The fourth-order valence-corrected chi connectivity index (χ4v) is 11.2. The van der Waals surface area contributed by atoms with Crippen molar-refractivity contribution in [2.45, 2.75) is 95.1 Å². The number of rotatable bonds is 4. The third-order valence-corrected chi connectivity index (χ3v) is 14.3. The molecule has 3 aromatic carbocycles. The molecule has 0 spiro atoms. The number of nitrogens with zero attached hydrogens (tertiary/aromatic N) is 1. The van der Waals surface area contributed by atoms with E-state index in [4.69, 9.17) is 16.2 Å². The molecule has 4 aliphatic rings. The van der Waals surface area contributed by atoms with Gasteiger partial charge < -0.3 is 36.6 Å². The number of ether oxygens (including phenoxy) is 1. The van der Waals surface area contributed by atoms with Crippen molar-refractivity contribution in [2.75, 3.05) is 12.4 Å². The largest absolute Gasteiger partial charge is 0.875 e. The normalized spacial score (nSPS) is 24.5. The summed E-state index contributed by atoms with van der Waals surface area (Å²) in [7, 11) is 3.38. The molecule has 0 saturated heterocycles. The third kappa shape index (κ3) is 9.70. The highest BCUT2D eigenvalue weighted by molar-refractivity contribution is 8.76. The molecule has 1 fully saturated rings. The van der Waals surface area contributed by atoms with Gasteiger partial charge in [0, 0.05) is 47.6 Å². The minimum absolute atomic E-state index is 0.00809. The van der Waals surface area contributed by atoms with Crippen molar-refractivity contribution in [3.8, 4) is 29.1 Å². The number of aliphatic imine (C=N–C) groups is 1. The Morgan fingerprint density at radius 2 is 1.81 bits per heavy atom. The van der Waals surface area contributed by atoms with Crippen molar-refractivity contribution >= 4 is 33.1 Å². The summed E-state index contributed by atoms with van der Waals surface area (Å²) in [6.45, 7) is 2.40. The number of benzene rings is 3. The Morgan fingerprint density at radius 1 is 1.00 bits per heavy atom. The van der Waals surface area contributed by atoms with Crippen LogP contribution in [-0.4, -0.2) is 45.3 Å². The lowest BCUT2D eigenvalue weighted by Crippen LogP contribution is -2.23. The van der Waals surface area contributed by atoms with Crippen LogP contribution in [0.25, 0.3) is 0 Å². The van der Waals surface area contributed by atoms with Crippen molar-refractivity contribution in [3.63, 3.8) is 0 Å². The van der Waals surface area contributed by atoms with Crippen LogP contribution in [0.4, 0.5) is 0 Å². The van der Waals surface area contributed by atoms with Crippen LogP contribution in [-0.2, 0) is 23.4 Å². The van der Waals surface area contributed by atoms with E-state index in [-0.39, 0.29) is 47.4 Å². The average molecular weight is 819 g/mol. The molecule has 7 N–H and O–H groups in total. The van der Waals surface area contributed by atoms with Gasteiger partial charge in [-0.2, -0.15) is 0 Å². The number of aryl methyl sites for hydroxylation is 1. The van der Waals surface area contributed by atoms with Crippen molar-refractivity contribution < 1.29 is 30.0 Å². The van der Waals surface area contributed by atoms with Gasteiger partial charge in [0.2, 0.25) is 0 Å². The Balaban J connectivity index is 1.28. The molecule has 9 nitrogen and oxygen atoms in total. The van der Waals surface area contributed by atoms with Crippen LogP contribution < -0.4 is 21.3 Å². The minimum atomic E-state index is -0.773. The molecule has 0 amide bonds. The second-order valence-electron chi connectivity index (χ2n) is 16.0. The van der Waals surface area contributed by atoms with E-state index in [2.05, 4.69) is 35.9 Å². The Hall–Kier alpha value is -4.44. The van der Waals surface area contributed by atoms with Gasteiger partial charge in [0.1, 0.15) is 5.75 Å². The Labute approximate surface area is 349 Å². The highest BCUT2D eigenvalue weighted by atomic mass is 33.1. The van der Waals surface area contributed by atoms with Gasteiger partial charge in [-0.15, -0.1) is 5.76 Å². The summed E-state index contributed by atoms with van der Waals surface area (Å²) in [5, 5.41) is 47.6. The summed E-state index contributed by atoms with van der Waals surface area (Å²) < 4.78 is 6.10. The Kier molecular flexibility index (Phi) is 13.4. The molecule has 11 heteroatoms. The number of phenolic OH excluding ortho intramolecular Hbond substituents is 2. The van der Waals surface area contributed by atoms with Gasteiger partial charge in [-0.1, -0.05) is 83.5 Å². The number of fused-ring (bicyclic) bond motifs is 9. The summed E-state index contributed by atoms with van der Waals surface area (Å²) in [6.07, 6.45) is 12.0. The fourth-order valence-electron chi connectivity index (χ4n) is 8.64. The topological polar surface area (TPSA) is 174 Å². The number of aliphatic hydroxyl groups excluding tert-OH is 1. The predicted octanol–water partition coefficient (Wildman–Crippen LogP) is 7.40. The molecular weight excluding hydrogens is 767 g/mol. The lowest BCUT2D eigenvalue weighted by Gasteiger charge is -2.28. The van der Waals surface area contributed by atoms with Crippen LogP contribution in [0, 0.1) is 23.2 Å². The van der Waals surface area contributed by atoms with Crippen LogP contribution in [0.1, 0.15) is 109 Å². The Bertz CT molecular complexity index is 2220. The first-order chi connectivity index (χ1) is 28.0. The molecule has 2 heterocycles. The zero-order valence-corrected chi connectivity index (χ0v) is 34.5. The first kappa shape index (κ1) is 41.7. The number of carbonyl (C=O) groups excluding carboxylic acids is 1. The van der Waals surface area contributed by atoms with Gasteiger partial charge >= 0.3 is 0 Å². The molecule has 0 unspecified atom stereocenters. The lowest BCUT2D eigenvalue weighted by atomic mass is 9.79. The van der Waals surface area contributed by atoms with E-state index in [1.54, 1.807) is 64.2 Å². The van der Waals surface area contributed by atoms with E-state index in [1.165, 1.54) is 0 Å². The Morgan fingerprint density at radius 3 is 2.62 bits per heavy atom. The van der Waals surface area contributed by atoms with E-state index in [1.807, 2.05) is 18.2 Å². The summed E-state index contributed by atoms with van der Waals surface area (Å²) in [5.74, 6) is 7.72. The molecular formula is C47H52N3O6S2-. The SMILES string of the molecule is CCCC[C@@]12/C=C/C(=O)CCc3ccc(O)c(c3)OCCc3ccc(O)c(c3)[C@@H]3CC([O-])=C4C=CN=C4CC#Cc4cc(C(N)N)c(cc43)CSSC[C@H](C1)[C@H](O)C2. The van der Waals surface area contributed by atoms with Gasteiger partial charge in [-0.25, -0.2) is 0 Å². The maximum atomic E-state index is 14.1. The van der Waals surface area contributed by atoms with Crippen molar-refractivity contribution in [1.82, 2.24) is 0 Å². The van der Waals surface area contributed by atoms with Crippen molar-refractivity contribution in [3.05, 3.63) is 123 Å². The fraction of sp³-hybridized carbons (Fsp3) is 0.404. The number of hydrogen-bond donors (Lipinski definition) is 5. The maximum absolute atomic E-state index is 14.1. The smallest absolute Gasteiger partial charge is 0.161 e. The zero-order chi connectivity index (χ0) is 40.8. The molecule has 0 aromatic heterocycles. The molecule has 2 aliphatic heterocycles. The van der Waals surface area contributed by atoms with Crippen molar-refractivity contribution in [1.29, 1.82) is 0 Å². The molecule has 8 bridgehead atoms. The predicted molar refractivity (Wildman–Crippen MR) is 231 cm³/mol. The first-order valence-corrected chi connectivity index (χ1v) is 22.7. The van der Waals surface area contributed by atoms with Crippen LogP contribution in [0.3, 0.4) is 0 Å². The van der Waals surface area contributed by atoms with Gasteiger partial charge in [0.05, 0.1) is 31.0 Å². The zero-order valence-electron chi connectivity index (χ0n) is 32.9. The second kappa shape index (κ2) is 18.6. The number of hydrogen-bond acceptors (Lipinski definition) is 11. The molecule has 2 aliphatic carbocycles. The van der Waals surface area contributed by atoms with Gasteiger partial charge in [-0.3, -0.25) is 9.79 Å². The summed E-state index contributed by atoms with van der Waals surface area (Å²) in [6, 6.07) is 14.6. The number of ketones is 1. The molecule has 1 saturated carbocycles. The van der Waals surface area contributed by atoms with Gasteiger partial charge in [0.15, 0.2) is 17.3 Å². The second-order valence-corrected chi connectivity index (χ2v) is 18.5. The van der Waals surface area contributed by atoms with Crippen molar-refractivity contribution in [2.24, 2.45) is 27.8 Å². The van der Waals surface area contributed by atoms with E-state index in [0.717, 1.165) is 59.3 Å². The highest BCUT2D eigenvalue weighted by Gasteiger charge is 2.42. The van der Waals surface area contributed by atoms with Gasteiger partial charge in [0.25, 0.3) is 0 Å². The molecule has 7 rings (SSSR count). The number of allylic oxidation sites excluding steroid dienone is 5. The van der Waals surface area contributed by atoms with Crippen LogP contribution in [0.2, 0.25) is 0 Å². The number of aromatic hydroxyl groups is 2. The van der Waals surface area contributed by atoms with Crippen LogP contribution in [0.5, 0.6) is 17.2 Å². The molecule has 0 radical (unpaired) electrons. The molecule has 304 valence electrons. The summed E-state index contributed by atoms with van der Waals surface area (Å²) >= 11 is 0.